The fourth-order valence-electron chi connectivity index (χ4n) is 3.59. The van der Waals surface area contributed by atoms with Crippen molar-refractivity contribution < 1.29 is 22.3 Å². The van der Waals surface area contributed by atoms with Crippen molar-refractivity contribution in [3.63, 3.8) is 0 Å². The maximum Gasteiger partial charge on any atom is 0.240 e. The van der Waals surface area contributed by atoms with Gasteiger partial charge in [-0.05, 0) is 48.7 Å². The first-order valence-corrected chi connectivity index (χ1v) is 10.1. The molecule has 3 aromatic rings. The van der Waals surface area contributed by atoms with Gasteiger partial charge in [0.25, 0.3) is 0 Å². The van der Waals surface area contributed by atoms with Gasteiger partial charge in [-0.25, -0.2) is 17.5 Å². The molecule has 0 atom stereocenters. The average Bonchev–Trinajstić information content (AvgIpc) is 3.10. The Morgan fingerprint density at radius 3 is 2.74 bits per heavy atom. The molecular formula is C19H17FN2O4S. The van der Waals surface area contributed by atoms with Crippen LogP contribution in [0.5, 0.6) is 11.5 Å². The van der Waals surface area contributed by atoms with Crippen LogP contribution in [-0.4, -0.2) is 26.7 Å². The van der Waals surface area contributed by atoms with Crippen molar-refractivity contribution in [3.05, 3.63) is 54.0 Å². The topological polar surface area (TPSA) is 80.4 Å². The summed E-state index contributed by atoms with van der Waals surface area (Å²) in [7, 11) is -3.68. The molecule has 0 amide bonds. The van der Waals surface area contributed by atoms with Crippen molar-refractivity contribution in [2.75, 3.05) is 13.3 Å². The Bertz CT molecular complexity index is 1150. The number of ether oxygens (including phenoxy) is 2. The Balaban J connectivity index is 1.40. The van der Waals surface area contributed by atoms with E-state index in [-0.39, 0.29) is 29.5 Å². The first-order chi connectivity index (χ1) is 13.0. The maximum absolute atomic E-state index is 13.4. The van der Waals surface area contributed by atoms with Gasteiger partial charge in [0.2, 0.25) is 16.8 Å². The Hall–Kier alpha value is -2.58. The molecule has 5 rings (SSSR count). The monoisotopic (exact) mass is 388 g/mol. The van der Waals surface area contributed by atoms with Crippen LogP contribution in [0.4, 0.5) is 4.39 Å². The molecule has 2 aliphatic rings. The molecule has 8 heteroatoms. The van der Waals surface area contributed by atoms with Gasteiger partial charge >= 0.3 is 0 Å². The van der Waals surface area contributed by atoms with Gasteiger partial charge in [-0.15, -0.1) is 0 Å². The molecule has 1 fully saturated rings. The molecule has 0 radical (unpaired) electrons. The van der Waals surface area contributed by atoms with Crippen LogP contribution in [0.15, 0.2) is 47.5 Å². The molecule has 1 aromatic heterocycles. The summed E-state index contributed by atoms with van der Waals surface area (Å²) in [5.74, 6) is 0.667. The molecule has 27 heavy (non-hydrogen) atoms. The van der Waals surface area contributed by atoms with Crippen LogP contribution >= 0.6 is 0 Å². The van der Waals surface area contributed by atoms with Gasteiger partial charge < -0.3 is 14.5 Å². The Morgan fingerprint density at radius 2 is 1.93 bits per heavy atom. The van der Waals surface area contributed by atoms with Crippen LogP contribution in [0.25, 0.3) is 10.9 Å². The van der Waals surface area contributed by atoms with Crippen LogP contribution in [0.2, 0.25) is 0 Å². The summed E-state index contributed by atoms with van der Waals surface area (Å²) in [6.07, 6.45) is 3.61. The summed E-state index contributed by atoms with van der Waals surface area (Å²) in [6, 6.07) is 9.18. The molecule has 6 nitrogen and oxygen atoms in total. The molecule has 1 aliphatic heterocycles. The van der Waals surface area contributed by atoms with Crippen molar-refractivity contribution in [2.45, 2.75) is 23.2 Å². The van der Waals surface area contributed by atoms with Crippen molar-refractivity contribution in [1.29, 1.82) is 0 Å². The lowest BCUT2D eigenvalue weighted by atomic mass is 9.96. The molecule has 0 bridgehead atoms. The summed E-state index contributed by atoms with van der Waals surface area (Å²) < 4.78 is 52.1. The molecule has 1 aliphatic carbocycles. The summed E-state index contributed by atoms with van der Waals surface area (Å²) in [5, 5.41) is 0.927. The summed E-state index contributed by atoms with van der Waals surface area (Å²) >= 11 is 0. The number of halogens is 1. The number of aromatic amines is 1. The molecule has 2 heterocycles. The fraction of sp³-hybridized carbons (Fsp3) is 0.263. The van der Waals surface area contributed by atoms with Gasteiger partial charge in [0.15, 0.2) is 11.5 Å². The number of H-pyrrole nitrogens is 1. The Morgan fingerprint density at radius 1 is 1.11 bits per heavy atom. The van der Waals surface area contributed by atoms with E-state index in [2.05, 4.69) is 9.71 Å². The predicted molar refractivity (Wildman–Crippen MR) is 96.9 cm³/mol. The summed E-state index contributed by atoms with van der Waals surface area (Å²) in [6.45, 7) is 0.380. The van der Waals surface area contributed by atoms with Crippen LogP contribution in [0, 0.1) is 5.82 Å². The molecular weight excluding hydrogens is 371 g/mol. The van der Waals surface area contributed by atoms with E-state index >= 15 is 0 Å². The van der Waals surface area contributed by atoms with E-state index in [0.29, 0.717) is 11.5 Å². The highest BCUT2D eigenvalue weighted by atomic mass is 32.2. The highest BCUT2D eigenvalue weighted by Gasteiger charge is 2.46. The fourth-order valence-corrected chi connectivity index (χ4v) is 4.73. The number of benzene rings is 2. The van der Waals surface area contributed by atoms with Gasteiger partial charge in [-0.2, -0.15) is 0 Å². The molecule has 2 aromatic carbocycles. The lowest BCUT2D eigenvalue weighted by Gasteiger charge is -2.16. The smallest absolute Gasteiger partial charge is 0.240 e. The van der Waals surface area contributed by atoms with Gasteiger partial charge in [-0.1, -0.05) is 0 Å². The Labute approximate surface area is 155 Å². The zero-order chi connectivity index (χ0) is 18.6. The summed E-state index contributed by atoms with van der Waals surface area (Å²) in [4.78, 5) is 3.23. The van der Waals surface area contributed by atoms with E-state index in [1.807, 2.05) is 6.20 Å². The number of hydrogen-bond donors (Lipinski definition) is 2. The highest BCUT2D eigenvalue weighted by molar-refractivity contribution is 7.89. The van der Waals surface area contributed by atoms with Gasteiger partial charge in [0.1, 0.15) is 5.82 Å². The van der Waals surface area contributed by atoms with Gasteiger partial charge in [0, 0.05) is 35.1 Å². The lowest BCUT2D eigenvalue weighted by Crippen LogP contribution is -2.32. The highest BCUT2D eigenvalue weighted by Crippen LogP contribution is 2.50. The van der Waals surface area contributed by atoms with Crippen molar-refractivity contribution in [3.8, 4) is 11.5 Å². The van der Waals surface area contributed by atoms with E-state index < -0.39 is 10.0 Å². The second-order valence-electron chi connectivity index (χ2n) is 7.01. The minimum atomic E-state index is -3.68. The predicted octanol–water partition coefficient (Wildman–Crippen LogP) is 3.05. The van der Waals surface area contributed by atoms with Crippen LogP contribution in [0.1, 0.15) is 18.4 Å². The van der Waals surface area contributed by atoms with Gasteiger partial charge in [0.05, 0.1) is 4.90 Å². The third-order valence-electron chi connectivity index (χ3n) is 5.32. The second-order valence-corrected chi connectivity index (χ2v) is 8.78. The number of fused-ring (bicyclic) bond motifs is 2. The average molecular weight is 388 g/mol. The number of sulfonamides is 1. The van der Waals surface area contributed by atoms with E-state index in [9.17, 15) is 12.8 Å². The van der Waals surface area contributed by atoms with Crippen LogP contribution in [0.3, 0.4) is 0 Å². The van der Waals surface area contributed by atoms with Crippen LogP contribution in [-0.2, 0) is 15.4 Å². The minimum Gasteiger partial charge on any atom is -0.454 e. The van der Waals surface area contributed by atoms with E-state index in [1.165, 1.54) is 24.3 Å². The number of nitrogens with one attached hydrogen (secondary N) is 2. The number of aromatic nitrogens is 1. The third kappa shape index (κ3) is 2.76. The maximum atomic E-state index is 13.4. The molecule has 140 valence electrons. The molecule has 0 saturated heterocycles. The number of rotatable bonds is 5. The largest absolute Gasteiger partial charge is 0.454 e. The normalized spacial score (nSPS) is 17.4. The molecule has 1 saturated carbocycles. The first kappa shape index (κ1) is 16.6. The van der Waals surface area contributed by atoms with Crippen LogP contribution < -0.4 is 14.2 Å². The van der Waals surface area contributed by atoms with E-state index in [1.54, 1.807) is 12.1 Å². The molecule has 0 unspecified atom stereocenters. The minimum absolute atomic E-state index is 0.0938. The third-order valence-corrected chi connectivity index (χ3v) is 6.72. The van der Waals surface area contributed by atoms with Crippen molar-refractivity contribution in [1.82, 2.24) is 9.71 Å². The van der Waals surface area contributed by atoms with E-state index in [4.69, 9.17) is 9.47 Å². The standard InChI is InChI=1S/C19H17FN2O4S/c20-12-1-3-14-15(9-21-16(14)7-12)19(5-6-19)10-22-27(23,24)13-2-4-17-18(8-13)26-11-25-17/h1-4,7-9,21-22H,5-6,10-11H2. The Kier molecular flexibility index (Phi) is 3.50. The molecule has 2 N–H and O–H groups in total. The zero-order valence-electron chi connectivity index (χ0n) is 14.3. The zero-order valence-corrected chi connectivity index (χ0v) is 15.1. The summed E-state index contributed by atoms with van der Waals surface area (Å²) in [5.41, 5.74) is 1.47. The quantitative estimate of drug-likeness (QED) is 0.704. The SMILES string of the molecule is O=S(=O)(NCC1(c2c[nH]c3cc(F)ccc23)CC1)c1ccc2c(c1)OCO2. The number of hydrogen-bond acceptors (Lipinski definition) is 4. The van der Waals surface area contributed by atoms with Gasteiger partial charge in [-0.3, -0.25) is 0 Å². The lowest BCUT2D eigenvalue weighted by molar-refractivity contribution is 0.174. The second kappa shape index (κ2) is 5.71. The first-order valence-electron chi connectivity index (χ1n) is 8.63. The molecule has 0 spiro atoms. The van der Waals surface area contributed by atoms with Crippen molar-refractivity contribution in [2.24, 2.45) is 0 Å². The van der Waals surface area contributed by atoms with Crippen molar-refractivity contribution >= 4 is 20.9 Å². The van der Waals surface area contributed by atoms with E-state index in [0.717, 1.165) is 29.3 Å².